The zero-order chi connectivity index (χ0) is 50.7. The third kappa shape index (κ3) is 11.1. The Morgan fingerprint density at radius 3 is 2.15 bits per heavy atom. The van der Waals surface area contributed by atoms with Gasteiger partial charge < -0.3 is 39.3 Å². The largest absolute Gasteiger partial charge is 0.478 e. The first-order valence-corrected chi connectivity index (χ1v) is 29.3. The lowest BCUT2D eigenvalue weighted by molar-refractivity contribution is 0.0696. The van der Waals surface area contributed by atoms with E-state index in [-0.39, 0.29) is 34.0 Å². The number of aromatic carboxylic acids is 1. The van der Waals surface area contributed by atoms with Gasteiger partial charge in [0.25, 0.3) is 0 Å². The van der Waals surface area contributed by atoms with Crippen LogP contribution in [-0.2, 0) is 18.9 Å². The maximum absolute atomic E-state index is 14.9. The molecule has 6 aromatic rings. The molecule has 72 heavy (non-hydrogen) atoms. The topological polar surface area (TPSA) is 148 Å². The predicted molar refractivity (Wildman–Crippen MR) is 294 cm³/mol. The van der Waals surface area contributed by atoms with Crippen molar-refractivity contribution in [3.05, 3.63) is 150 Å². The predicted octanol–water partition coefficient (Wildman–Crippen LogP) is 11.0. The van der Waals surface area contributed by atoms with Crippen LogP contribution < -0.4 is 25.1 Å². The Morgan fingerprint density at radius 1 is 0.833 bits per heavy atom. The Morgan fingerprint density at radius 2 is 1.50 bits per heavy atom. The standard InChI is InChI=1S/C55H62ClN6O7PS2/c1-38(2)62-39(3)52(55(64)65)53(54(62)40-13-15-42(56)16-14-40)41-9-8-10-46(35-41)60-31-29-59(30-32-60)44-17-19-45(20-18-44)61-33-34-69-70(61,66)48-21-22-50(51(36-48)72(4,67)68)57-43(37-71-49-11-6-5-7-12-49)23-26-58-27-24-47(63)25-28-58/h5-22,33-36,38,43,47,57,63H,23-32,37H2,1-4H3,(H,64,65)/t43?,70-/m1/s1. The normalized spacial score (nSPS) is 18.2. The van der Waals surface area contributed by atoms with Crippen LogP contribution in [0, 0.1) is 6.92 Å². The van der Waals surface area contributed by atoms with Crippen molar-refractivity contribution in [3.63, 3.8) is 0 Å². The van der Waals surface area contributed by atoms with E-state index in [1.165, 1.54) is 18.6 Å². The van der Waals surface area contributed by atoms with Crippen LogP contribution in [0.25, 0.3) is 22.4 Å². The number of nitrogens with zero attached hydrogens (tertiary/aromatic N) is 5. The lowest BCUT2D eigenvalue weighted by atomic mass is 9.96. The van der Waals surface area contributed by atoms with E-state index in [0.29, 0.717) is 33.4 Å². The van der Waals surface area contributed by atoms with E-state index in [0.717, 1.165) is 98.2 Å². The molecule has 3 aliphatic heterocycles. The lowest BCUT2D eigenvalue weighted by Crippen LogP contribution is -2.46. The summed E-state index contributed by atoms with van der Waals surface area (Å²) in [4.78, 5) is 21.1. The third-order valence-corrected chi connectivity index (χ3v) is 18.7. The van der Waals surface area contributed by atoms with Crippen LogP contribution in [0.3, 0.4) is 0 Å². The lowest BCUT2D eigenvalue weighted by Gasteiger charge is -2.37. The van der Waals surface area contributed by atoms with Crippen LogP contribution in [0.4, 0.5) is 22.7 Å². The summed E-state index contributed by atoms with van der Waals surface area (Å²) in [6.07, 6.45) is 6.18. The zero-order valence-corrected chi connectivity index (χ0v) is 44.3. The Labute approximate surface area is 432 Å². The second-order valence-electron chi connectivity index (χ2n) is 19.0. The van der Waals surface area contributed by atoms with Gasteiger partial charge in [-0.1, -0.05) is 54.1 Å². The number of benzene rings is 5. The van der Waals surface area contributed by atoms with Gasteiger partial charge in [0, 0.05) is 109 Å². The van der Waals surface area contributed by atoms with Gasteiger partial charge in [-0.05, 0) is 130 Å². The van der Waals surface area contributed by atoms with Crippen LogP contribution in [0.2, 0.25) is 5.02 Å². The van der Waals surface area contributed by atoms with Gasteiger partial charge in [-0.2, -0.15) is 0 Å². The molecule has 5 aromatic carbocycles. The van der Waals surface area contributed by atoms with Crippen LogP contribution in [0.15, 0.2) is 144 Å². The number of piperidine rings is 1. The fraction of sp³-hybridized carbons (Fsp3) is 0.327. The summed E-state index contributed by atoms with van der Waals surface area (Å²) in [5.74, 6) is -0.273. The molecule has 3 N–H and O–H groups in total. The van der Waals surface area contributed by atoms with Gasteiger partial charge >= 0.3 is 13.5 Å². The highest BCUT2D eigenvalue weighted by Gasteiger charge is 2.39. The number of aromatic nitrogens is 1. The van der Waals surface area contributed by atoms with Crippen molar-refractivity contribution in [1.29, 1.82) is 0 Å². The van der Waals surface area contributed by atoms with E-state index in [1.54, 1.807) is 34.8 Å². The number of aliphatic hydroxyl groups is 1. The highest BCUT2D eigenvalue weighted by Crippen LogP contribution is 2.56. The van der Waals surface area contributed by atoms with Gasteiger partial charge in [-0.3, -0.25) is 4.67 Å². The molecule has 4 heterocycles. The maximum atomic E-state index is 14.9. The van der Waals surface area contributed by atoms with Gasteiger partial charge in [0.2, 0.25) is 0 Å². The van der Waals surface area contributed by atoms with E-state index in [9.17, 15) is 28.0 Å². The van der Waals surface area contributed by atoms with Crippen LogP contribution in [0.1, 0.15) is 55.2 Å². The van der Waals surface area contributed by atoms with Crippen molar-refractivity contribution >= 4 is 74.7 Å². The Bertz CT molecular complexity index is 3080. The van der Waals surface area contributed by atoms with Gasteiger partial charge in [0.15, 0.2) is 9.84 Å². The SMILES string of the molecule is Cc1c(C(=O)O)c(-c2cccc(N3CCN(c4ccc(N5C=CO[P@]5(=O)c5ccc(NC(CCN6CCC(O)CC6)CSc6ccccc6)c(S(C)(=O)=O)c5)cc4)CC3)c2)c(-c2ccc(Cl)cc2)n1C(C)C. The monoisotopic (exact) mass is 1050 g/mol. The number of rotatable bonds is 17. The first kappa shape index (κ1) is 51.2. The molecule has 2 saturated heterocycles. The molecule has 0 spiro atoms. The molecule has 2 fully saturated rings. The van der Waals surface area contributed by atoms with Gasteiger partial charge in [0.05, 0.1) is 38.9 Å². The average Bonchev–Trinajstić information content (AvgIpc) is 3.93. The summed E-state index contributed by atoms with van der Waals surface area (Å²) in [6.45, 7) is 11.4. The summed E-state index contributed by atoms with van der Waals surface area (Å²) >= 11 is 7.99. The minimum Gasteiger partial charge on any atom is -0.478 e. The number of anilines is 4. The Balaban J connectivity index is 0.897. The number of carboxylic acid groups (broad SMARTS) is 1. The molecule has 9 rings (SSSR count). The zero-order valence-electron chi connectivity index (χ0n) is 41.0. The van der Waals surface area contributed by atoms with Crippen LogP contribution in [-0.4, -0.2) is 104 Å². The molecule has 0 aliphatic carbocycles. The number of piperazine rings is 1. The Kier molecular flexibility index (Phi) is 15.5. The third-order valence-electron chi connectivity index (χ3n) is 13.8. The molecule has 1 aromatic heterocycles. The fourth-order valence-corrected chi connectivity index (χ4v) is 14.1. The number of carbonyl (C=O) groups is 1. The molecular weight excluding hydrogens is 987 g/mol. The summed E-state index contributed by atoms with van der Waals surface area (Å²) < 4.78 is 51.5. The highest BCUT2D eigenvalue weighted by molar-refractivity contribution is 7.99. The van der Waals surface area contributed by atoms with Crippen molar-refractivity contribution in [2.75, 3.05) is 77.6 Å². The molecule has 3 aliphatic rings. The second-order valence-corrected chi connectivity index (χ2v) is 24.7. The maximum Gasteiger partial charge on any atom is 0.377 e. The highest BCUT2D eigenvalue weighted by atomic mass is 35.5. The van der Waals surface area contributed by atoms with Crippen molar-refractivity contribution in [3.8, 4) is 22.4 Å². The molecule has 1 unspecified atom stereocenters. The molecule has 0 saturated carbocycles. The van der Waals surface area contributed by atoms with E-state index >= 15 is 0 Å². The van der Waals surface area contributed by atoms with Gasteiger partial charge in [0.1, 0.15) is 6.26 Å². The van der Waals surface area contributed by atoms with Crippen LogP contribution in [0.5, 0.6) is 0 Å². The minimum atomic E-state index is -3.81. The average molecular weight is 1050 g/mol. The number of carboxylic acids is 1. The minimum absolute atomic E-state index is 0.0140. The first-order chi connectivity index (χ1) is 34.6. The number of hydrogen-bond acceptors (Lipinski definition) is 11. The van der Waals surface area contributed by atoms with Crippen molar-refractivity contribution in [2.24, 2.45) is 0 Å². The Hall–Kier alpha value is -5.67. The van der Waals surface area contributed by atoms with Crippen molar-refractivity contribution < 1.29 is 32.5 Å². The molecule has 0 radical (unpaired) electrons. The van der Waals surface area contributed by atoms with Crippen molar-refractivity contribution in [1.82, 2.24) is 9.47 Å². The second kappa shape index (κ2) is 21.8. The van der Waals surface area contributed by atoms with E-state index < -0.39 is 23.3 Å². The molecule has 0 bridgehead atoms. The fourth-order valence-electron chi connectivity index (χ4n) is 10.1. The van der Waals surface area contributed by atoms with Crippen molar-refractivity contribution in [2.45, 2.75) is 68.0 Å². The molecule has 2 atom stereocenters. The van der Waals surface area contributed by atoms with E-state index in [1.807, 2.05) is 85.8 Å². The van der Waals surface area contributed by atoms with E-state index in [4.69, 9.17) is 16.1 Å². The molecule has 378 valence electrons. The number of likely N-dealkylation sites (tertiary alicyclic amines) is 1. The summed E-state index contributed by atoms with van der Waals surface area (Å²) in [5.41, 5.74) is 7.33. The number of nitrogens with one attached hydrogen (secondary N) is 1. The number of halogens is 1. The molecule has 17 heteroatoms. The van der Waals surface area contributed by atoms with Gasteiger partial charge in [-0.15, -0.1) is 11.8 Å². The number of hydrogen-bond donors (Lipinski definition) is 3. The van der Waals surface area contributed by atoms with Gasteiger partial charge in [-0.25, -0.2) is 17.8 Å². The number of sulfone groups is 1. The number of thioether (sulfide) groups is 1. The summed E-state index contributed by atoms with van der Waals surface area (Å²) in [5, 5.41) is 25.1. The summed E-state index contributed by atoms with van der Waals surface area (Å²) in [6, 6.07) is 38.5. The quantitative estimate of drug-likeness (QED) is 0.0588. The van der Waals surface area contributed by atoms with E-state index in [2.05, 4.69) is 62.7 Å². The molecule has 0 amide bonds. The smallest absolute Gasteiger partial charge is 0.377 e. The molecule has 13 nitrogen and oxygen atoms in total. The summed E-state index contributed by atoms with van der Waals surface area (Å²) in [7, 11) is -7.59. The molecular formula is C55H62ClN6O7PS2. The van der Waals surface area contributed by atoms with Crippen LogP contribution >= 0.6 is 30.9 Å². The number of aliphatic hydroxyl groups excluding tert-OH is 1. The first-order valence-electron chi connectivity index (χ1n) is 24.5.